The number of carbonyl (C=O) groups is 1. The molecule has 1 N–H and O–H groups in total. The first-order valence-electron chi connectivity index (χ1n) is 10.8. The van der Waals surface area contributed by atoms with Crippen molar-refractivity contribution < 1.29 is 17.9 Å². The summed E-state index contributed by atoms with van der Waals surface area (Å²) in [6.07, 6.45) is 4.77. The highest BCUT2D eigenvalue weighted by Gasteiger charge is 2.25. The molecule has 2 aromatic heterocycles. The molecule has 10 heteroatoms. The second kappa shape index (κ2) is 9.66. The number of hydrogen-bond acceptors (Lipinski definition) is 6. The van der Waals surface area contributed by atoms with Gasteiger partial charge < -0.3 is 14.2 Å². The molecule has 0 atom stereocenters. The normalized spacial score (nSPS) is 14.5. The fourth-order valence-electron chi connectivity index (χ4n) is 3.84. The SMILES string of the molecule is COc1ccc(CNS(=O)(=O)c2cc(-c3nc(C)c(C(=O)N4CCCCC4)s3)n(C)c2)cc1. The first-order valence-corrected chi connectivity index (χ1v) is 13.1. The van der Waals surface area contributed by atoms with Crippen molar-refractivity contribution in [3.05, 3.63) is 52.7 Å². The lowest BCUT2D eigenvalue weighted by Gasteiger charge is -2.26. The van der Waals surface area contributed by atoms with Crippen LogP contribution in [0.2, 0.25) is 0 Å². The van der Waals surface area contributed by atoms with Crippen molar-refractivity contribution in [3.63, 3.8) is 0 Å². The number of nitrogens with one attached hydrogen (secondary N) is 1. The summed E-state index contributed by atoms with van der Waals surface area (Å²) >= 11 is 1.32. The average Bonchev–Trinajstić information content (AvgIpc) is 3.41. The predicted octanol–water partition coefficient (Wildman–Crippen LogP) is 3.57. The lowest BCUT2D eigenvalue weighted by atomic mass is 10.1. The number of aromatic nitrogens is 2. The van der Waals surface area contributed by atoms with Crippen LogP contribution in [0.25, 0.3) is 10.7 Å². The molecule has 1 fully saturated rings. The number of ether oxygens (including phenoxy) is 1. The topological polar surface area (TPSA) is 93.5 Å². The molecule has 1 aliphatic heterocycles. The van der Waals surface area contributed by atoms with Gasteiger partial charge >= 0.3 is 0 Å². The number of piperidine rings is 1. The molecule has 1 aromatic carbocycles. The molecule has 3 heterocycles. The molecular formula is C23H28N4O4S2. The van der Waals surface area contributed by atoms with Gasteiger partial charge in [-0.15, -0.1) is 11.3 Å². The van der Waals surface area contributed by atoms with Crippen LogP contribution in [0, 0.1) is 6.92 Å². The number of carbonyl (C=O) groups excluding carboxylic acids is 1. The zero-order valence-electron chi connectivity index (χ0n) is 19.0. The summed E-state index contributed by atoms with van der Waals surface area (Å²) in [5, 5.41) is 0.631. The number of thiazole rings is 1. The van der Waals surface area contributed by atoms with Crippen molar-refractivity contribution in [3.8, 4) is 16.5 Å². The van der Waals surface area contributed by atoms with E-state index in [0.29, 0.717) is 27.0 Å². The number of likely N-dealkylation sites (tertiary alicyclic amines) is 1. The van der Waals surface area contributed by atoms with Crippen molar-refractivity contribution in [2.45, 2.75) is 37.6 Å². The van der Waals surface area contributed by atoms with Crippen LogP contribution in [0.15, 0.2) is 41.4 Å². The number of methoxy groups -OCH3 is 1. The van der Waals surface area contributed by atoms with Gasteiger partial charge in [0, 0.05) is 32.9 Å². The second-order valence-electron chi connectivity index (χ2n) is 8.13. The standard InChI is InChI=1S/C23H28N4O4S2/c1-16-21(23(28)27-11-5-4-6-12-27)32-22(25-16)20-13-19(15-26(20)2)33(29,30)24-14-17-7-9-18(31-3)10-8-17/h7-10,13,15,24H,4-6,11-12,14H2,1-3H3. The Morgan fingerprint density at radius 1 is 1.18 bits per heavy atom. The predicted molar refractivity (Wildman–Crippen MR) is 128 cm³/mol. The Hall–Kier alpha value is -2.69. The van der Waals surface area contributed by atoms with Crippen LogP contribution < -0.4 is 9.46 Å². The summed E-state index contributed by atoms with van der Waals surface area (Å²) < 4.78 is 35.3. The van der Waals surface area contributed by atoms with Gasteiger partial charge in [0.25, 0.3) is 5.91 Å². The van der Waals surface area contributed by atoms with E-state index in [-0.39, 0.29) is 17.3 Å². The third kappa shape index (κ3) is 5.13. The summed E-state index contributed by atoms with van der Waals surface area (Å²) in [4.78, 5) is 20.2. The lowest BCUT2D eigenvalue weighted by Crippen LogP contribution is -2.35. The number of hydrogen-bond donors (Lipinski definition) is 1. The molecule has 0 bridgehead atoms. The van der Waals surface area contributed by atoms with E-state index in [1.807, 2.05) is 24.0 Å². The van der Waals surface area contributed by atoms with Gasteiger partial charge in [0.15, 0.2) is 0 Å². The van der Waals surface area contributed by atoms with Crippen molar-refractivity contribution in [1.29, 1.82) is 0 Å². The summed E-state index contributed by atoms with van der Waals surface area (Å²) in [6, 6.07) is 8.81. The molecule has 3 aromatic rings. The fourth-order valence-corrected chi connectivity index (χ4v) is 6.02. The molecule has 1 saturated heterocycles. The van der Waals surface area contributed by atoms with Gasteiger partial charge in [0.2, 0.25) is 10.0 Å². The van der Waals surface area contributed by atoms with Gasteiger partial charge in [0.1, 0.15) is 20.5 Å². The summed E-state index contributed by atoms with van der Waals surface area (Å²) in [5.74, 6) is 0.727. The Morgan fingerprint density at radius 2 is 1.88 bits per heavy atom. The highest BCUT2D eigenvalue weighted by molar-refractivity contribution is 7.89. The minimum absolute atomic E-state index is 0.0131. The van der Waals surface area contributed by atoms with Gasteiger partial charge in [0.05, 0.1) is 18.5 Å². The van der Waals surface area contributed by atoms with Crippen molar-refractivity contribution in [2.24, 2.45) is 7.05 Å². The van der Waals surface area contributed by atoms with Crippen molar-refractivity contribution in [2.75, 3.05) is 20.2 Å². The van der Waals surface area contributed by atoms with Gasteiger partial charge in [-0.25, -0.2) is 18.1 Å². The molecule has 0 spiro atoms. The van der Waals surface area contributed by atoms with Crippen LogP contribution in [0.5, 0.6) is 5.75 Å². The number of benzene rings is 1. The van der Waals surface area contributed by atoms with E-state index >= 15 is 0 Å². The van der Waals surface area contributed by atoms with Gasteiger partial charge in [-0.3, -0.25) is 4.79 Å². The molecule has 176 valence electrons. The van der Waals surface area contributed by atoms with E-state index < -0.39 is 10.0 Å². The molecule has 0 aliphatic carbocycles. The van der Waals surface area contributed by atoms with E-state index in [9.17, 15) is 13.2 Å². The Bertz CT molecular complexity index is 1240. The van der Waals surface area contributed by atoms with Crippen molar-refractivity contribution >= 4 is 27.3 Å². The summed E-state index contributed by atoms with van der Waals surface area (Å²) in [7, 11) is -0.358. The molecule has 4 rings (SSSR count). The minimum atomic E-state index is -3.72. The summed E-state index contributed by atoms with van der Waals surface area (Å²) in [6.45, 7) is 3.55. The Kier molecular flexibility index (Phi) is 6.87. The average molecular weight is 489 g/mol. The zero-order valence-corrected chi connectivity index (χ0v) is 20.6. The van der Waals surface area contributed by atoms with Gasteiger partial charge in [-0.1, -0.05) is 12.1 Å². The second-order valence-corrected chi connectivity index (χ2v) is 10.9. The zero-order chi connectivity index (χ0) is 23.6. The Labute approximate surface area is 198 Å². The molecule has 1 aliphatic rings. The minimum Gasteiger partial charge on any atom is -0.497 e. The monoisotopic (exact) mass is 488 g/mol. The van der Waals surface area contributed by atoms with Crippen LogP contribution >= 0.6 is 11.3 Å². The quantitative estimate of drug-likeness (QED) is 0.549. The molecule has 1 amide bonds. The smallest absolute Gasteiger partial charge is 0.265 e. The maximum absolute atomic E-state index is 13.0. The third-order valence-electron chi connectivity index (χ3n) is 5.77. The molecule has 8 nitrogen and oxygen atoms in total. The summed E-state index contributed by atoms with van der Waals surface area (Å²) in [5.41, 5.74) is 2.16. The third-order valence-corrected chi connectivity index (χ3v) is 8.30. The van der Waals surface area contributed by atoms with E-state index in [2.05, 4.69) is 9.71 Å². The molecule has 0 radical (unpaired) electrons. The molecular weight excluding hydrogens is 460 g/mol. The highest BCUT2D eigenvalue weighted by atomic mass is 32.2. The van der Waals surface area contributed by atoms with E-state index in [1.165, 1.54) is 11.3 Å². The molecule has 0 unspecified atom stereocenters. The first kappa shape index (κ1) is 23.5. The largest absolute Gasteiger partial charge is 0.497 e. The highest BCUT2D eigenvalue weighted by Crippen LogP contribution is 2.31. The van der Waals surface area contributed by atoms with Crippen LogP contribution in [0.1, 0.15) is 40.2 Å². The first-order chi connectivity index (χ1) is 15.8. The molecule has 0 saturated carbocycles. The molecule has 33 heavy (non-hydrogen) atoms. The maximum atomic E-state index is 13.0. The van der Waals surface area contributed by atoms with Gasteiger partial charge in [-0.05, 0) is 49.9 Å². The Morgan fingerprint density at radius 3 is 2.55 bits per heavy atom. The number of sulfonamides is 1. The fraction of sp³-hybridized carbons (Fsp3) is 0.391. The van der Waals surface area contributed by atoms with Crippen molar-refractivity contribution in [1.82, 2.24) is 19.2 Å². The lowest BCUT2D eigenvalue weighted by molar-refractivity contribution is 0.0728. The van der Waals surface area contributed by atoms with Gasteiger partial charge in [-0.2, -0.15) is 0 Å². The Balaban J connectivity index is 1.52. The number of rotatable bonds is 7. The van der Waals surface area contributed by atoms with Crippen LogP contribution in [-0.2, 0) is 23.6 Å². The number of amides is 1. The van der Waals surface area contributed by atoms with E-state index in [0.717, 1.165) is 37.9 Å². The number of aryl methyl sites for hydroxylation is 2. The number of nitrogens with zero attached hydrogens (tertiary/aromatic N) is 3. The van der Waals surface area contributed by atoms with Crippen LogP contribution in [0.4, 0.5) is 0 Å². The maximum Gasteiger partial charge on any atom is 0.265 e. The van der Waals surface area contributed by atoms with Crippen LogP contribution in [0.3, 0.4) is 0 Å². The van der Waals surface area contributed by atoms with E-state index in [4.69, 9.17) is 4.74 Å². The van der Waals surface area contributed by atoms with Crippen LogP contribution in [-0.4, -0.2) is 49.0 Å². The van der Waals surface area contributed by atoms with E-state index in [1.54, 1.807) is 43.1 Å².